The Bertz CT molecular complexity index is 769. The minimum atomic E-state index is -0.914. The summed E-state index contributed by atoms with van der Waals surface area (Å²) in [6.07, 6.45) is 0. The molecule has 0 saturated carbocycles. The van der Waals surface area contributed by atoms with Crippen LogP contribution in [0, 0.1) is 0 Å². The first-order valence-corrected chi connectivity index (χ1v) is 8.17. The Morgan fingerprint density at radius 1 is 1.04 bits per heavy atom. The molecule has 1 aromatic carbocycles. The average Bonchev–Trinajstić information content (AvgIpc) is 2.89. The third kappa shape index (κ3) is 5.21. The summed E-state index contributed by atoms with van der Waals surface area (Å²) in [6, 6.07) is 7.95. The fourth-order valence-electron chi connectivity index (χ4n) is 1.56. The minimum Gasteiger partial charge on any atom is -0.318 e. The second-order valence-electron chi connectivity index (χ2n) is 4.35. The van der Waals surface area contributed by atoms with Crippen molar-refractivity contribution < 1.29 is 9.59 Å². The van der Waals surface area contributed by atoms with Crippen LogP contribution in [0.4, 0.5) is 5.69 Å². The van der Waals surface area contributed by atoms with Gasteiger partial charge in [-0.05, 0) is 37.3 Å². The summed E-state index contributed by atoms with van der Waals surface area (Å²) in [7, 11) is 0. The molecule has 1 heterocycles. The van der Waals surface area contributed by atoms with E-state index in [4.69, 9.17) is 34.8 Å². The molecule has 0 atom stereocenters. The molecule has 1 aromatic heterocycles. The molecule has 0 unspecified atom stereocenters. The Morgan fingerprint density at radius 2 is 1.70 bits per heavy atom. The molecule has 0 bridgehead atoms. The molecule has 0 aliphatic heterocycles. The number of carbonyl (C=O) groups excluding carboxylic acids is 2. The predicted molar refractivity (Wildman–Crippen MR) is 94.8 cm³/mol. The highest BCUT2D eigenvalue weighted by Crippen LogP contribution is 2.23. The molecule has 0 radical (unpaired) electrons. The zero-order valence-corrected chi connectivity index (χ0v) is 14.8. The molecular weight excluding hydrogens is 381 g/mol. The fraction of sp³-hybridized carbons (Fsp3) is 0.0714. The van der Waals surface area contributed by atoms with Crippen LogP contribution in [0.5, 0.6) is 0 Å². The van der Waals surface area contributed by atoms with E-state index in [1.54, 1.807) is 19.1 Å². The monoisotopic (exact) mass is 389 g/mol. The maximum atomic E-state index is 11.8. The van der Waals surface area contributed by atoms with Gasteiger partial charge in [-0.15, -0.1) is 11.3 Å². The zero-order chi connectivity index (χ0) is 17.0. The van der Waals surface area contributed by atoms with Crippen LogP contribution in [0.2, 0.25) is 14.4 Å². The topological polar surface area (TPSA) is 70.6 Å². The SMILES string of the molecule is C/C(=N\NC(=O)C(=O)Nc1cc(Cl)cc(Cl)c1)c1ccc(Cl)s1. The number of hydrazone groups is 1. The van der Waals surface area contributed by atoms with Crippen molar-refractivity contribution in [2.24, 2.45) is 5.10 Å². The van der Waals surface area contributed by atoms with Gasteiger partial charge < -0.3 is 5.32 Å². The number of hydrogen-bond donors (Lipinski definition) is 2. The van der Waals surface area contributed by atoms with E-state index in [0.29, 0.717) is 25.8 Å². The molecule has 120 valence electrons. The van der Waals surface area contributed by atoms with Crippen molar-refractivity contribution in [2.45, 2.75) is 6.92 Å². The first-order valence-electron chi connectivity index (χ1n) is 6.22. The lowest BCUT2D eigenvalue weighted by atomic mass is 10.3. The van der Waals surface area contributed by atoms with E-state index < -0.39 is 11.8 Å². The number of anilines is 1. The third-order valence-corrected chi connectivity index (χ3v) is 4.36. The molecule has 0 aliphatic carbocycles. The van der Waals surface area contributed by atoms with Crippen molar-refractivity contribution in [3.05, 3.63) is 49.6 Å². The number of nitrogens with one attached hydrogen (secondary N) is 2. The highest BCUT2D eigenvalue weighted by atomic mass is 35.5. The lowest BCUT2D eigenvalue weighted by Gasteiger charge is -2.05. The van der Waals surface area contributed by atoms with Gasteiger partial charge in [0.15, 0.2) is 0 Å². The van der Waals surface area contributed by atoms with E-state index in [9.17, 15) is 9.59 Å². The van der Waals surface area contributed by atoms with E-state index in [0.717, 1.165) is 4.88 Å². The number of rotatable bonds is 3. The standard InChI is InChI=1S/C14H10Cl3N3O2S/c1-7(11-2-3-12(17)23-11)19-20-14(22)13(21)18-10-5-8(15)4-9(16)6-10/h2-6H,1H3,(H,18,21)(H,20,22)/b19-7+. The quantitative estimate of drug-likeness (QED) is 0.469. The van der Waals surface area contributed by atoms with Crippen molar-refractivity contribution in [1.82, 2.24) is 5.43 Å². The largest absolute Gasteiger partial charge is 0.329 e. The van der Waals surface area contributed by atoms with Crippen LogP contribution in [0.3, 0.4) is 0 Å². The lowest BCUT2D eigenvalue weighted by molar-refractivity contribution is -0.136. The highest BCUT2D eigenvalue weighted by Gasteiger charge is 2.14. The van der Waals surface area contributed by atoms with Crippen LogP contribution in [-0.2, 0) is 9.59 Å². The predicted octanol–water partition coefficient (Wildman–Crippen LogP) is 4.19. The van der Waals surface area contributed by atoms with Gasteiger partial charge in [-0.2, -0.15) is 5.10 Å². The van der Waals surface area contributed by atoms with Gasteiger partial charge in [0.2, 0.25) is 0 Å². The summed E-state index contributed by atoms with van der Waals surface area (Å²) in [6.45, 7) is 1.69. The number of thiophene rings is 1. The van der Waals surface area contributed by atoms with Gasteiger partial charge in [0, 0.05) is 15.7 Å². The second-order valence-corrected chi connectivity index (χ2v) is 6.94. The summed E-state index contributed by atoms with van der Waals surface area (Å²) in [5.41, 5.74) is 3.02. The Morgan fingerprint density at radius 3 is 2.26 bits per heavy atom. The molecule has 2 rings (SSSR count). The summed E-state index contributed by atoms with van der Waals surface area (Å²) in [4.78, 5) is 24.3. The van der Waals surface area contributed by atoms with Crippen LogP contribution in [0.1, 0.15) is 11.8 Å². The Labute approximate surface area is 151 Å². The molecule has 2 amide bonds. The summed E-state index contributed by atoms with van der Waals surface area (Å²) >= 11 is 18.8. The summed E-state index contributed by atoms with van der Waals surface area (Å²) in [5, 5.41) is 6.93. The van der Waals surface area contributed by atoms with E-state index in [2.05, 4.69) is 15.8 Å². The van der Waals surface area contributed by atoms with Crippen LogP contribution >= 0.6 is 46.1 Å². The maximum Gasteiger partial charge on any atom is 0.329 e. The number of halogens is 3. The van der Waals surface area contributed by atoms with Crippen LogP contribution in [0.15, 0.2) is 35.4 Å². The number of amides is 2. The van der Waals surface area contributed by atoms with E-state index in [1.807, 2.05) is 0 Å². The van der Waals surface area contributed by atoms with Crippen molar-refractivity contribution in [3.63, 3.8) is 0 Å². The molecule has 0 fully saturated rings. The normalized spacial score (nSPS) is 11.2. The van der Waals surface area contributed by atoms with Crippen LogP contribution < -0.4 is 10.7 Å². The molecule has 2 aromatic rings. The Hall–Kier alpha value is -1.60. The van der Waals surface area contributed by atoms with Gasteiger partial charge >= 0.3 is 11.8 Å². The first kappa shape index (κ1) is 17.7. The molecule has 23 heavy (non-hydrogen) atoms. The molecular formula is C14H10Cl3N3O2S. The van der Waals surface area contributed by atoms with Crippen LogP contribution in [0.25, 0.3) is 0 Å². The van der Waals surface area contributed by atoms with Crippen molar-refractivity contribution in [2.75, 3.05) is 5.32 Å². The smallest absolute Gasteiger partial charge is 0.318 e. The Balaban J connectivity index is 1.98. The van der Waals surface area contributed by atoms with E-state index in [1.165, 1.54) is 29.5 Å². The fourth-order valence-corrected chi connectivity index (χ4v) is 3.08. The number of carbonyl (C=O) groups is 2. The van der Waals surface area contributed by atoms with E-state index in [-0.39, 0.29) is 0 Å². The zero-order valence-electron chi connectivity index (χ0n) is 11.7. The summed E-state index contributed by atoms with van der Waals surface area (Å²) in [5.74, 6) is -1.80. The van der Waals surface area contributed by atoms with Crippen molar-refractivity contribution in [3.8, 4) is 0 Å². The number of nitrogens with zero attached hydrogens (tertiary/aromatic N) is 1. The minimum absolute atomic E-state index is 0.313. The first-order chi connectivity index (χ1) is 10.8. The van der Waals surface area contributed by atoms with Gasteiger partial charge in [0.05, 0.1) is 14.9 Å². The molecule has 0 aliphatic rings. The Kier molecular flexibility index (Phi) is 6.01. The van der Waals surface area contributed by atoms with Gasteiger partial charge in [0.1, 0.15) is 0 Å². The number of benzene rings is 1. The van der Waals surface area contributed by atoms with Crippen LogP contribution in [-0.4, -0.2) is 17.5 Å². The maximum absolute atomic E-state index is 11.8. The molecule has 0 spiro atoms. The second kappa shape index (κ2) is 7.79. The highest BCUT2D eigenvalue weighted by molar-refractivity contribution is 7.18. The third-order valence-electron chi connectivity index (χ3n) is 2.58. The van der Waals surface area contributed by atoms with Gasteiger partial charge in [0.25, 0.3) is 0 Å². The van der Waals surface area contributed by atoms with Gasteiger partial charge in [-0.25, -0.2) is 5.43 Å². The molecule has 2 N–H and O–H groups in total. The van der Waals surface area contributed by atoms with Gasteiger partial charge in [-0.3, -0.25) is 9.59 Å². The molecule has 0 saturated heterocycles. The van der Waals surface area contributed by atoms with Crippen molar-refractivity contribution >= 4 is 69.4 Å². The van der Waals surface area contributed by atoms with Gasteiger partial charge in [-0.1, -0.05) is 34.8 Å². The average molecular weight is 391 g/mol. The van der Waals surface area contributed by atoms with Crippen molar-refractivity contribution in [1.29, 1.82) is 0 Å². The molecule has 9 heteroatoms. The summed E-state index contributed by atoms with van der Waals surface area (Å²) < 4.78 is 0.608. The van der Waals surface area contributed by atoms with E-state index >= 15 is 0 Å². The lowest BCUT2D eigenvalue weighted by Crippen LogP contribution is -2.32. The number of hydrogen-bond acceptors (Lipinski definition) is 4. The molecule has 5 nitrogen and oxygen atoms in total.